The van der Waals surface area contributed by atoms with Crippen LogP contribution in [0.3, 0.4) is 0 Å². The van der Waals surface area contributed by atoms with Crippen LogP contribution in [0.15, 0.2) is 0 Å². The van der Waals surface area contributed by atoms with Crippen LogP contribution in [0, 0.1) is 0 Å². The molecule has 0 aromatic carbocycles. The Balaban J connectivity index is -0.0000000267. The summed E-state index contributed by atoms with van der Waals surface area (Å²) in [7, 11) is 8.50. The van der Waals surface area contributed by atoms with Gasteiger partial charge in [-0.25, -0.2) is 0 Å². The Bertz CT molecular complexity index is 31.5. The molecule has 0 saturated carbocycles. The van der Waals surface area contributed by atoms with Crippen LogP contribution in [-0.4, -0.2) is 38.1 Å². The first-order chi connectivity index (χ1) is 2.00. The monoisotopic (exact) mass is 149 g/mol. The van der Waals surface area contributed by atoms with E-state index in [2.05, 4.69) is 28.2 Å². The Morgan fingerprint density at radius 3 is 0.875 bits per heavy atom. The Labute approximate surface area is 79.9 Å². The minimum Gasteiger partial charge on any atom is -1.00 e. The average molecular weight is 150 g/mol. The van der Waals surface area contributed by atoms with Crippen molar-refractivity contribution < 1.29 is 51.9 Å². The summed E-state index contributed by atoms with van der Waals surface area (Å²) in [6.45, 7) is 0. The van der Waals surface area contributed by atoms with E-state index in [-0.39, 0.29) is 47.4 Å². The fourth-order valence-corrected chi connectivity index (χ4v) is 0. The van der Waals surface area contributed by atoms with Crippen molar-refractivity contribution in [3.63, 3.8) is 0 Å². The number of nitrogens with zero attached hydrogens (tertiary/aromatic N) is 1. The van der Waals surface area contributed by atoms with E-state index in [0.717, 1.165) is 4.48 Å². The van der Waals surface area contributed by atoms with Crippen molar-refractivity contribution in [3.05, 3.63) is 0 Å². The first-order valence-electron chi connectivity index (χ1n) is 1.79. The zero-order valence-electron chi connectivity index (χ0n) is 6.27. The summed E-state index contributed by atoms with van der Waals surface area (Å²) in [5.41, 5.74) is 0. The molecule has 0 spiro atoms. The smallest absolute Gasteiger partial charge is 1.00 e. The van der Waals surface area contributed by atoms with Gasteiger partial charge in [0.15, 0.2) is 0 Å². The van der Waals surface area contributed by atoms with Crippen molar-refractivity contribution in [1.82, 2.24) is 0 Å². The molecule has 0 aromatic rings. The molecule has 0 heterocycles. The summed E-state index contributed by atoms with van der Waals surface area (Å²) in [6, 6.07) is 0. The van der Waals surface area contributed by atoms with Crippen LogP contribution >= 0.6 is 0 Å². The third kappa shape index (κ3) is 190. The number of hydrogen-bond donors (Lipinski definition) is 0. The van der Waals surface area contributed by atoms with Gasteiger partial charge in [-0.15, -0.1) is 0 Å². The van der Waals surface area contributed by atoms with Crippen molar-refractivity contribution in [2.24, 2.45) is 0 Å². The van der Waals surface area contributed by atoms with Crippen LogP contribution < -0.4 is 42.0 Å². The first-order valence-corrected chi connectivity index (χ1v) is 1.79. The molecule has 0 aliphatic carbocycles. The zero-order valence-corrected chi connectivity index (χ0v) is 9.03. The third-order valence-corrected chi connectivity index (χ3v) is 0. The van der Waals surface area contributed by atoms with Gasteiger partial charge in [-0.2, -0.15) is 0 Å². The molecular formula is C4H13ClNNaO. The van der Waals surface area contributed by atoms with Gasteiger partial charge in [0.05, 0.1) is 28.2 Å². The molecule has 1 N–H and O–H groups in total. The van der Waals surface area contributed by atoms with Gasteiger partial charge < -0.3 is 22.4 Å². The Morgan fingerprint density at radius 1 is 0.875 bits per heavy atom. The molecule has 0 rings (SSSR count). The predicted octanol–water partition coefficient (Wildman–Crippen LogP) is -5.85. The quantitative estimate of drug-likeness (QED) is 0.249. The molecule has 0 saturated heterocycles. The van der Waals surface area contributed by atoms with Gasteiger partial charge in [-0.1, -0.05) is 0 Å². The van der Waals surface area contributed by atoms with E-state index >= 15 is 0 Å². The molecule has 8 heavy (non-hydrogen) atoms. The fraction of sp³-hybridized carbons (Fsp3) is 1.00. The molecule has 2 nitrogen and oxygen atoms in total. The molecule has 0 aliphatic rings. The van der Waals surface area contributed by atoms with Crippen LogP contribution in [-0.2, 0) is 0 Å². The maximum Gasteiger partial charge on any atom is 1.00 e. The van der Waals surface area contributed by atoms with E-state index in [1.807, 2.05) is 0 Å². The largest absolute Gasteiger partial charge is 1.00 e. The first kappa shape index (κ1) is 22.9. The Kier molecular flexibility index (Phi) is 23.5. The zero-order chi connectivity index (χ0) is 4.50. The topological polar surface area (TPSA) is 30.0 Å². The maximum atomic E-state index is 2.12. The van der Waals surface area contributed by atoms with E-state index in [1.165, 1.54) is 0 Å². The molecule has 0 atom stereocenters. The standard InChI is InChI=1S/C4H12N.ClH.Na.H2O/c1-5(2,3)4;;;/h1-4H3;1H;;1H2/q+1;;+1;/p-2. The van der Waals surface area contributed by atoms with Crippen molar-refractivity contribution in [2.45, 2.75) is 0 Å². The second-order valence-corrected chi connectivity index (χ2v) is 2.68. The minimum atomic E-state index is 0. The summed E-state index contributed by atoms with van der Waals surface area (Å²) in [5.74, 6) is 0. The number of halogens is 1. The van der Waals surface area contributed by atoms with Crippen LogP contribution in [0.1, 0.15) is 0 Å². The van der Waals surface area contributed by atoms with Crippen molar-refractivity contribution in [3.8, 4) is 0 Å². The molecule has 4 heteroatoms. The van der Waals surface area contributed by atoms with Gasteiger partial charge >= 0.3 is 29.6 Å². The molecular weight excluding hydrogens is 136 g/mol. The summed E-state index contributed by atoms with van der Waals surface area (Å²) in [4.78, 5) is 0. The van der Waals surface area contributed by atoms with E-state index < -0.39 is 0 Å². The van der Waals surface area contributed by atoms with Crippen molar-refractivity contribution in [1.29, 1.82) is 0 Å². The molecule has 0 amide bonds. The molecule has 0 bridgehead atoms. The summed E-state index contributed by atoms with van der Waals surface area (Å²) in [5, 5.41) is 0. The van der Waals surface area contributed by atoms with Gasteiger partial charge in [0, 0.05) is 0 Å². The van der Waals surface area contributed by atoms with Crippen LogP contribution in [0.25, 0.3) is 0 Å². The molecule has 0 aromatic heterocycles. The number of rotatable bonds is 0. The SMILES string of the molecule is C[N+](C)(C)C.[Cl-].[Na+].[OH-]. The number of hydrogen-bond acceptors (Lipinski definition) is 1. The summed E-state index contributed by atoms with van der Waals surface area (Å²) in [6.07, 6.45) is 0. The predicted molar refractivity (Wildman–Crippen MR) is 25.9 cm³/mol. The molecule has 0 radical (unpaired) electrons. The molecule has 0 unspecified atom stereocenters. The van der Waals surface area contributed by atoms with Crippen molar-refractivity contribution >= 4 is 0 Å². The van der Waals surface area contributed by atoms with E-state index in [9.17, 15) is 0 Å². The Hall–Kier alpha value is 1.21. The van der Waals surface area contributed by atoms with Gasteiger partial charge in [0.1, 0.15) is 0 Å². The molecule has 48 valence electrons. The van der Waals surface area contributed by atoms with Gasteiger partial charge in [0.2, 0.25) is 0 Å². The minimum absolute atomic E-state index is 0. The molecule has 0 fully saturated rings. The fourth-order valence-electron chi connectivity index (χ4n) is 0. The maximum absolute atomic E-state index is 2.12. The van der Waals surface area contributed by atoms with E-state index in [0.29, 0.717) is 0 Å². The average Bonchev–Trinajstić information content (AvgIpc) is 0.722. The third-order valence-electron chi connectivity index (χ3n) is 0. The second-order valence-electron chi connectivity index (χ2n) is 2.68. The van der Waals surface area contributed by atoms with Gasteiger partial charge in [-0.3, -0.25) is 0 Å². The van der Waals surface area contributed by atoms with Crippen molar-refractivity contribution in [2.75, 3.05) is 28.2 Å². The van der Waals surface area contributed by atoms with E-state index in [4.69, 9.17) is 0 Å². The van der Waals surface area contributed by atoms with Crippen LogP contribution in [0.4, 0.5) is 0 Å². The van der Waals surface area contributed by atoms with Crippen LogP contribution in [0.2, 0.25) is 0 Å². The summed E-state index contributed by atoms with van der Waals surface area (Å²) < 4.78 is 1.00. The normalized spacial score (nSPS) is 7.50. The Morgan fingerprint density at radius 2 is 0.875 bits per heavy atom. The van der Waals surface area contributed by atoms with Gasteiger partial charge in [-0.05, 0) is 0 Å². The van der Waals surface area contributed by atoms with E-state index in [1.54, 1.807) is 0 Å². The second kappa shape index (κ2) is 8.21. The molecule has 0 aliphatic heterocycles. The van der Waals surface area contributed by atoms with Crippen LogP contribution in [0.5, 0.6) is 0 Å². The summed E-state index contributed by atoms with van der Waals surface area (Å²) >= 11 is 0. The number of quaternary nitrogens is 1. The van der Waals surface area contributed by atoms with Gasteiger partial charge in [0.25, 0.3) is 0 Å².